The van der Waals surface area contributed by atoms with Crippen molar-refractivity contribution >= 4 is 17.0 Å². The lowest BCUT2D eigenvalue weighted by molar-refractivity contribution is 0.00590. The Balaban J connectivity index is 1.59. The number of β-amino-alcohol motifs (C(OH)–C–C–N with tert-alkyl or cyclic N) is 1. The summed E-state index contributed by atoms with van der Waals surface area (Å²) >= 11 is 0. The van der Waals surface area contributed by atoms with Gasteiger partial charge in [-0.05, 0) is 31.0 Å². The summed E-state index contributed by atoms with van der Waals surface area (Å²) in [5, 5.41) is 9.31. The number of aliphatic hydroxyl groups is 1. The van der Waals surface area contributed by atoms with E-state index < -0.39 is 0 Å². The molecule has 2 heterocycles. The summed E-state index contributed by atoms with van der Waals surface area (Å²) in [6.45, 7) is 0.835. The summed E-state index contributed by atoms with van der Waals surface area (Å²) in [6, 6.07) is 5.43. The SMILES string of the molecule is O=C(c1ccc2nc(C3CCCCC3)oc2c1)N1CC(O)C1. The number of rotatable bonds is 2. The number of oxazole rings is 1. The van der Waals surface area contributed by atoms with Crippen LogP contribution in [0.25, 0.3) is 11.1 Å². The van der Waals surface area contributed by atoms with Crippen LogP contribution in [-0.4, -0.2) is 40.1 Å². The van der Waals surface area contributed by atoms with Gasteiger partial charge in [-0.15, -0.1) is 0 Å². The number of hydrogen-bond donors (Lipinski definition) is 1. The maximum absolute atomic E-state index is 12.3. The van der Waals surface area contributed by atoms with E-state index in [0.717, 1.165) is 24.2 Å². The fourth-order valence-corrected chi connectivity index (χ4v) is 3.40. The Bertz CT molecular complexity index is 697. The molecule has 1 aromatic carbocycles. The molecule has 0 unspecified atom stereocenters. The molecule has 0 spiro atoms. The number of aromatic nitrogens is 1. The van der Waals surface area contributed by atoms with Crippen LogP contribution >= 0.6 is 0 Å². The quantitative estimate of drug-likeness (QED) is 0.926. The normalized spacial score (nSPS) is 20.3. The zero-order valence-electron chi connectivity index (χ0n) is 12.5. The first-order valence-corrected chi connectivity index (χ1v) is 8.08. The molecule has 0 atom stereocenters. The number of likely N-dealkylation sites (tertiary alicyclic amines) is 1. The zero-order valence-corrected chi connectivity index (χ0v) is 12.5. The molecule has 2 aromatic rings. The largest absolute Gasteiger partial charge is 0.440 e. The third-order valence-electron chi connectivity index (χ3n) is 4.76. The van der Waals surface area contributed by atoms with Crippen molar-refractivity contribution in [1.82, 2.24) is 9.88 Å². The molecule has 1 aliphatic heterocycles. The average molecular weight is 300 g/mol. The lowest BCUT2D eigenvalue weighted by Gasteiger charge is -2.35. The van der Waals surface area contributed by atoms with Crippen molar-refractivity contribution in [2.24, 2.45) is 0 Å². The van der Waals surface area contributed by atoms with Crippen LogP contribution in [0.2, 0.25) is 0 Å². The van der Waals surface area contributed by atoms with Gasteiger partial charge in [-0.2, -0.15) is 0 Å². The summed E-state index contributed by atoms with van der Waals surface area (Å²) in [4.78, 5) is 18.5. The predicted octanol–water partition coefficient (Wildman–Crippen LogP) is 2.69. The highest BCUT2D eigenvalue weighted by Crippen LogP contribution is 2.34. The standard InChI is InChI=1S/C17H20N2O3/c20-13-9-19(10-13)17(21)12-6-7-14-15(8-12)22-16(18-14)11-4-2-1-3-5-11/h6-8,11,13,20H,1-5,9-10H2. The molecule has 1 aromatic heterocycles. The molecule has 5 nitrogen and oxygen atoms in total. The molecule has 1 amide bonds. The molecule has 1 saturated heterocycles. The van der Waals surface area contributed by atoms with Crippen molar-refractivity contribution in [2.45, 2.75) is 44.1 Å². The van der Waals surface area contributed by atoms with E-state index in [1.165, 1.54) is 19.3 Å². The first-order chi connectivity index (χ1) is 10.7. The number of benzene rings is 1. The van der Waals surface area contributed by atoms with Crippen LogP contribution in [0.5, 0.6) is 0 Å². The first kappa shape index (κ1) is 13.8. The summed E-state index contributed by atoms with van der Waals surface area (Å²) in [5.74, 6) is 1.19. The van der Waals surface area contributed by atoms with E-state index in [1.54, 1.807) is 17.0 Å². The Hall–Kier alpha value is -1.88. The second kappa shape index (κ2) is 5.39. The van der Waals surface area contributed by atoms with Crippen molar-refractivity contribution < 1.29 is 14.3 Å². The van der Waals surface area contributed by atoms with Crippen LogP contribution in [0.15, 0.2) is 22.6 Å². The van der Waals surface area contributed by atoms with Gasteiger partial charge < -0.3 is 14.4 Å². The van der Waals surface area contributed by atoms with E-state index in [9.17, 15) is 9.90 Å². The number of carbonyl (C=O) groups is 1. The molecule has 1 N–H and O–H groups in total. The van der Waals surface area contributed by atoms with Gasteiger partial charge in [0.1, 0.15) is 5.52 Å². The molecule has 0 bridgehead atoms. The van der Waals surface area contributed by atoms with Gasteiger partial charge in [0.05, 0.1) is 6.10 Å². The number of hydrogen-bond acceptors (Lipinski definition) is 4. The molecule has 116 valence electrons. The van der Waals surface area contributed by atoms with Crippen molar-refractivity contribution in [3.8, 4) is 0 Å². The monoisotopic (exact) mass is 300 g/mol. The molecule has 2 fully saturated rings. The van der Waals surface area contributed by atoms with E-state index in [0.29, 0.717) is 30.2 Å². The summed E-state index contributed by atoms with van der Waals surface area (Å²) in [5.41, 5.74) is 2.11. The fraction of sp³-hybridized carbons (Fsp3) is 0.529. The summed E-state index contributed by atoms with van der Waals surface area (Å²) in [6.07, 6.45) is 5.69. The molecular formula is C17H20N2O3. The molecule has 1 saturated carbocycles. The number of amides is 1. The Morgan fingerprint density at radius 3 is 2.73 bits per heavy atom. The summed E-state index contributed by atoms with van der Waals surface area (Å²) < 4.78 is 5.92. The van der Waals surface area contributed by atoms with E-state index in [2.05, 4.69) is 4.98 Å². The minimum atomic E-state index is -0.379. The highest BCUT2D eigenvalue weighted by molar-refractivity contribution is 5.97. The van der Waals surface area contributed by atoms with Crippen LogP contribution < -0.4 is 0 Å². The minimum absolute atomic E-state index is 0.0529. The van der Waals surface area contributed by atoms with Crippen molar-refractivity contribution in [1.29, 1.82) is 0 Å². The zero-order chi connectivity index (χ0) is 15.1. The van der Waals surface area contributed by atoms with Gasteiger partial charge in [-0.1, -0.05) is 19.3 Å². The molecule has 4 rings (SSSR count). The topological polar surface area (TPSA) is 66.6 Å². The Morgan fingerprint density at radius 2 is 2.00 bits per heavy atom. The van der Waals surface area contributed by atoms with Gasteiger partial charge in [0.25, 0.3) is 5.91 Å². The molecule has 2 aliphatic rings. The van der Waals surface area contributed by atoms with E-state index in [4.69, 9.17) is 4.42 Å². The number of carbonyl (C=O) groups excluding carboxylic acids is 1. The maximum Gasteiger partial charge on any atom is 0.254 e. The predicted molar refractivity (Wildman–Crippen MR) is 81.7 cm³/mol. The molecule has 0 radical (unpaired) electrons. The Kier molecular flexibility index (Phi) is 3.37. The molecular weight excluding hydrogens is 280 g/mol. The number of fused-ring (bicyclic) bond motifs is 1. The van der Waals surface area contributed by atoms with Crippen LogP contribution in [0, 0.1) is 0 Å². The van der Waals surface area contributed by atoms with Crippen LogP contribution in [0.3, 0.4) is 0 Å². The lowest BCUT2D eigenvalue weighted by atomic mass is 9.89. The first-order valence-electron chi connectivity index (χ1n) is 8.08. The second-order valence-corrected chi connectivity index (χ2v) is 6.43. The highest BCUT2D eigenvalue weighted by Gasteiger charge is 2.30. The van der Waals surface area contributed by atoms with Gasteiger partial charge in [0.15, 0.2) is 11.5 Å². The molecule has 1 aliphatic carbocycles. The Labute approximate surface area is 128 Å². The maximum atomic E-state index is 12.3. The van der Waals surface area contributed by atoms with Gasteiger partial charge in [0, 0.05) is 24.6 Å². The molecule has 22 heavy (non-hydrogen) atoms. The van der Waals surface area contributed by atoms with Crippen LogP contribution in [0.1, 0.15) is 54.3 Å². The minimum Gasteiger partial charge on any atom is -0.440 e. The smallest absolute Gasteiger partial charge is 0.254 e. The highest BCUT2D eigenvalue weighted by atomic mass is 16.3. The van der Waals surface area contributed by atoms with Crippen molar-refractivity contribution in [3.63, 3.8) is 0 Å². The third-order valence-corrected chi connectivity index (χ3v) is 4.76. The van der Waals surface area contributed by atoms with Crippen LogP contribution in [0.4, 0.5) is 0 Å². The van der Waals surface area contributed by atoms with Crippen LogP contribution in [-0.2, 0) is 0 Å². The van der Waals surface area contributed by atoms with Gasteiger partial charge >= 0.3 is 0 Å². The third kappa shape index (κ3) is 2.39. The van der Waals surface area contributed by atoms with Gasteiger partial charge in [-0.25, -0.2) is 4.98 Å². The summed E-state index contributed by atoms with van der Waals surface area (Å²) in [7, 11) is 0. The van der Waals surface area contributed by atoms with E-state index in [-0.39, 0.29) is 12.0 Å². The van der Waals surface area contributed by atoms with E-state index >= 15 is 0 Å². The average Bonchev–Trinajstić information content (AvgIpc) is 2.95. The van der Waals surface area contributed by atoms with E-state index in [1.807, 2.05) is 6.07 Å². The molecule has 5 heteroatoms. The number of aliphatic hydroxyl groups excluding tert-OH is 1. The van der Waals surface area contributed by atoms with Crippen molar-refractivity contribution in [3.05, 3.63) is 29.7 Å². The van der Waals surface area contributed by atoms with Crippen molar-refractivity contribution in [2.75, 3.05) is 13.1 Å². The second-order valence-electron chi connectivity index (χ2n) is 6.43. The lowest BCUT2D eigenvalue weighted by Crippen LogP contribution is -2.53. The van der Waals surface area contributed by atoms with Gasteiger partial charge in [0.2, 0.25) is 0 Å². The Morgan fingerprint density at radius 1 is 1.23 bits per heavy atom. The number of nitrogens with zero attached hydrogens (tertiary/aromatic N) is 2. The fourth-order valence-electron chi connectivity index (χ4n) is 3.40. The van der Waals surface area contributed by atoms with Gasteiger partial charge in [-0.3, -0.25) is 4.79 Å².